The molecule has 0 amide bonds. The van der Waals surface area contributed by atoms with Gasteiger partial charge in [-0.25, -0.2) is 4.98 Å². The molecule has 0 N–H and O–H groups in total. The molecule has 3 aromatic heterocycles. The molecule has 3 aromatic rings. The highest BCUT2D eigenvalue weighted by Crippen LogP contribution is 2.31. The van der Waals surface area contributed by atoms with Crippen molar-refractivity contribution in [3.63, 3.8) is 0 Å². The number of aromatic nitrogens is 3. The lowest BCUT2D eigenvalue weighted by Crippen LogP contribution is -1.70. The smallest absolute Gasteiger partial charge is 0.136 e. The first-order valence-corrected chi connectivity index (χ1v) is 5.72. The Kier molecular flexibility index (Phi) is 1.78. The van der Waals surface area contributed by atoms with E-state index in [0.29, 0.717) is 0 Å². The largest absolute Gasteiger partial charge is 0.262 e. The minimum atomic E-state index is 0.959. The van der Waals surface area contributed by atoms with E-state index in [1.54, 1.807) is 35.1 Å². The van der Waals surface area contributed by atoms with Gasteiger partial charge in [0, 0.05) is 12.4 Å². The van der Waals surface area contributed by atoms with Crippen LogP contribution in [0.2, 0.25) is 0 Å². The normalized spacial score (nSPS) is 10.9. The van der Waals surface area contributed by atoms with Crippen LogP contribution >= 0.6 is 22.7 Å². The standard InChI is InChI=1S/C9H5N3S2/c1-2-10-3-6-7(1)14-9(12-6)8-4-11-5-13-8/h1-5H. The summed E-state index contributed by atoms with van der Waals surface area (Å²) in [4.78, 5) is 13.7. The lowest BCUT2D eigenvalue weighted by molar-refractivity contribution is 1.34. The van der Waals surface area contributed by atoms with Crippen molar-refractivity contribution < 1.29 is 0 Å². The Morgan fingerprint density at radius 3 is 2.93 bits per heavy atom. The van der Waals surface area contributed by atoms with E-state index in [4.69, 9.17) is 0 Å². The summed E-state index contributed by atoms with van der Waals surface area (Å²) in [7, 11) is 0. The summed E-state index contributed by atoms with van der Waals surface area (Å²) in [6, 6.07) is 1.98. The van der Waals surface area contributed by atoms with Crippen LogP contribution in [0.3, 0.4) is 0 Å². The molecule has 14 heavy (non-hydrogen) atoms. The molecule has 0 aliphatic heterocycles. The molecule has 0 atom stereocenters. The second-order valence-corrected chi connectivity index (χ2v) is 4.65. The van der Waals surface area contributed by atoms with Gasteiger partial charge in [0.2, 0.25) is 0 Å². The third-order valence-electron chi connectivity index (χ3n) is 1.83. The molecular formula is C9H5N3S2. The fourth-order valence-electron chi connectivity index (χ4n) is 1.21. The molecule has 0 saturated carbocycles. The summed E-state index contributed by atoms with van der Waals surface area (Å²) < 4.78 is 1.17. The third kappa shape index (κ3) is 1.21. The minimum Gasteiger partial charge on any atom is -0.262 e. The van der Waals surface area contributed by atoms with Gasteiger partial charge in [-0.2, -0.15) is 0 Å². The van der Waals surface area contributed by atoms with Crippen LogP contribution in [0.4, 0.5) is 0 Å². The monoisotopic (exact) mass is 219 g/mol. The highest BCUT2D eigenvalue weighted by atomic mass is 32.1. The summed E-state index contributed by atoms with van der Waals surface area (Å²) in [6.45, 7) is 0. The van der Waals surface area contributed by atoms with Gasteiger partial charge in [0.05, 0.1) is 21.3 Å². The highest BCUT2D eigenvalue weighted by Gasteiger charge is 2.06. The number of nitrogens with zero attached hydrogens (tertiary/aromatic N) is 3. The summed E-state index contributed by atoms with van der Waals surface area (Å²) in [5, 5.41) is 1.02. The second-order valence-electron chi connectivity index (χ2n) is 2.73. The van der Waals surface area contributed by atoms with Gasteiger partial charge in [-0.05, 0) is 6.07 Å². The highest BCUT2D eigenvalue weighted by molar-refractivity contribution is 7.25. The second kappa shape index (κ2) is 3.11. The molecule has 0 saturated heterocycles. The minimum absolute atomic E-state index is 0.959. The molecule has 0 aromatic carbocycles. The average Bonchev–Trinajstić information content (AvgIpc) is 2.86. The van der Waals surface area contributed by atoms with Crippen LogP contribution in [0.15, 0.2) is 30.2 Å². The van der Waals surface area contributed by atoms with Crippen molar-refractivity contribution in [1.82, 2.24) is 15.0 Å². The zero-order valence-corrected chi connectivity index (χ0v) is 8.68. The van der Waals surface area contributed by atoms with Gasteiger partial charge in [0.15, 0.2) is 0 Å². The Bertz CT molecular complexity index is 523. The first kappa shape index (κ1) is 8.02. The van der Waals surface area contributed by atoms with Crippen LogP contribution in [0.5, 0.6) is 0 Å². The van der Waals surface area contributed by atoms with Crippen LogP contribution in [0.25, 0.3) is 20.1 Å². The quantitative estimate of drug-likeness (QED) is 0.631. The molecule has 3 rings (SSSR count). The van der Waals surface area contributed by atoms with Crippen molar-refractivity contribution in [2.45, 2.75) is 0 Å². The Hall–Kier alpha value is -1.33. The molecule has 0 bridgehead atoms. The van der Waals surface area contributed by atoms with Gasteiger partial charge >= 0.3 is 0 Å². The van der Waals surface area contributed by atoms with Crippen molar-refractivity contribution in [2.24, 2.45) is 0 Å². The molecule has 0 unspecified atom stereocenters. The number of pyridine rings is 1. The molecule has 0 spiro atoms. The summed E-state index contributed by atoms with van der Waals surface area (Å²) in [5.74, 6) is 0. The Morgan fingerprint density at radius 1 is 1.14 bits per heavy atom. The lowest BCUT2D eigenvalue weighted by atomic mass is 10.4. The van der Waals surface area contributed by atoms with Crippen molar-refractivity contribution in [3.8, 4) is 9.88 Å². The molecule has 3 heterocycles. The fourth-order valence-corrected chi connectivity index (χ4v) is 2.82. The molecule has 0 radical (unpaired) electrons. The Labute approximate surface area is 88.1 Å². The van der Waals surface area contributed by atoms with Crippen molar-refractivity contribution in [3.05, 3.63) is 30.2 Å². The first-order valence-electron chi connectivity index (χ1n) is 4.03. The summed E-state index contributed by atoms with van der Waals surface area (Å²) >= 11 is 3.28. The van der Waals surface area contributed by atoms with Gasteiger partial charge < -0.3 is 0 Å². The molecule has 0 fully saturated rings. The Morgan fingerprint density at radius 2 is 2.14 bits per heavy atom. The maximum atomic E-state index is 4.48. The third-order valence-corrected chi connectivity index (χ3v) is 3.81. The van der Waals surface area contributed by atoms with Crippen LogP contribution < -0.4 is 0 Å². The van der Waals surface area contributed by atoms with Crippen LogP contribution in [-0.4, -0.2) is 15.0 Å². The summed E-state index contributed by atoms with van der Waals surface area (Å²) in [5.41, 5.74) is 2.78. The van der Waals surface area contributed by atoms with Gasteiger partial charge in [0.25, 0.3) is 0 Å². The van der Waals surface area contributed by atoms with E-state index < -0.39 is 0 Å². The van der Waals surface area contributed by atoms with Crippen molar-refractivity contribution in [1.29, 1.82) is 0 Å². The van der Waals surface area contributed by atoms with E-state index in [1.165, 1.54) is 4.70 Å². The van der Waals surface area contributed by atoms with Crippen molar-refractivity contribution in [2.75, 3.05) is 0 Å². The zero-order valence-electron chi connectivity index (χ0n) is 7.04. The Balaban J connectivity index is 2.24. The van der Waals surface area contributed by atoms with Crippen LogP contribution in [-0.2, 0) is 0 Å². The van der Waals surface area contributed by atoms with E-state index in [-0.39, 0.29) is 0 Å². The first-order chi connectivity index (χ1) is 6.93. The molecule has 68 valence electrons. The SMILES string of the molecule is c1cc2sc(-c3cncs3)nc2cn1. The van der Waals surface area contributed by atoms with Gasteiger partial charge in [-0.15, -0.1) is 22.7 Å². The van der Waals surface area contributed by atoms with E-state index in [2.05, 4.69) is 15.0 Å². The van der Waals surface area contributed by atoms with E-state index in [9.17, 15) is 0 Å². The maximum Gasteiger partial charge on any atom is 0.136 e. The molecule has 0 aliphatic rings. The average molecular weight is 219 g/mol. The fraction of sp³-hybridized carbons (Fsp3) is 0. The topological polar surface area (TPSA) is 38.7 Å². The number of thiazole rings is 2. The van der Waals surface area contributed by atoms with Gasteiger partial charge in [-0.3, -0.25) is 9.97 Å². The number of fused-ring (bicyclic) bond motifs is 1. The van der Waals surface area contributed by atoms with E-state index in [0.717, 1.165) is 15.4 Å². The van der Waals surface area contributed by atoms with Gasteiger partial charge in [-0.1, -0.05) is 0 Å². The number of rotatable bonds is 1. The molecule has 3 nitrogen and oxygen atoms in total. The molecular weight excluding hydrogens is 214 g/mol. The zero-order chi connectivity index (χ0) is 9.38. The predicted octanol–water partition coefficient (Wildman–Crippen LogP) is 2.81. The van der Waals surface area contributed by atoms with E-state index in [1.807, 2.05) is 17.8 Å². The predicted molar refractivity (Wildman–Crippen MR) is 58.5 cm³/mol. The maximum absolute atomic E-state index is 4.48. The van der Waals surface area contributed by atoms with E-state index >= 15 is 0 Å². The lowest BCUT2D eigenvalue weighted by Gasteiger charge is -1.82. The summed E-state index contributed by atoms with van der Waals surface area (Å²) in [6.07, 6.45) is 5.42. The molecule has 0 aliphatic carbocycles. The van der Waals surface area contributed by atoms with Crippen LogP contribution in [0.1, 0.15) is 0 Å². The number of hydrogen-bond acceptors (Lipinski definition) is 5. The van der Waals surface area contributed by atoms with Gasteiger partial charge in [0.1, 0.15) is 10.5 Å². The van der Waals surface area contributed by atoms with Crippen LogP contribution in [0, 0.1) is 0 Å². The number of hydrogen-bond donors (Lipinski definition) is 0. The molecule has 5 heteroatoms. The van der Waals surface area contributed by atoms with Crippen molar-refractivity contribution >= 4 is 32.9 Å².